The Balaban J connectivity index is 1.62. The quantitative estimate of drug-likeness (QED) is 0.508. The third-order valence-electron chi connectivity index (χ3n) is 3.99. The zero-order valence-electron chi connectivity index (χ0n) is 14.1. The van der Waals surface area contributed by atoms with Crippen LogP contribution in [0, 0.1) is 0 Å². The zero-order valence-corrected chi connectivity index (χ0v) is 16.5. The highest BCUT2D eigenvalue weighted by Gasteiger charge is 2.13. The molecule has 0 fully saturated rings. The molecular weight excluding hydrogens is 426 g/mol. The number of nitrogens with zero attached hydrogens (tertiary/aromatic N) is 2. The molecule has 0 spiro atoms. The van der Waals surface area contributed by atoms with Crippen molar-refractivity contribution in [2.75, 3.05) is 5.32 Å². The van der Waals surface area contributed by atoms with Gasteiger partial charge in [-0.15, -0.1) is 11.3 Å². The smallest absolute Gasteiger partial charge is 0.251 e. The van der Waals surface area contributed by atoms with E-state index in [0.717, 1.165) is 25.3 Å². The van der Waals surface area contributed by atoms with E-state index in [0.29, 0.717) is 5.69 Å². The average Bonchev–Trinajstić information content (AvgIpc) is 3.09. The number of amides is 1. The van der Waals surface area contributed by atoms with Gasteiger partial charge in [-0.1, -0.05) is 24.3 Å². The monoisotopic (exact) mass is 439 g/mol. The van der Waals surface area contributed by atoms with Gasteiger partial charge in [-0.3, -0.25) is 9.59 Å². The molecule has 0 saturated carbocycles. The van der Waals surface area contributed by atoms with Crippen LogP contribution in [0.1, 0.15) is 0 Å². The number of pyridine rings is 1. The summed E-state index contributed by atoms with van der Waals surface area (Å²) in [5, 5.41) is 3.74. The van der Waals surface area contributed by atoms with Gasteiger partial charge in [0.05, 0.1) is 15.9 Å². The third-order valence-corrected chi connectivity index (χ3v) is 5.53. The molecule has 1 N–H and O–H groups in total. The van der Waals surface area contributed by atoms with Crippen molar-refractivity contribution < 1.29 is 4.79 Å². The number of anilines is 1. The van der Waals surface area contributed by atoms with Crippen LogP contribution in [0.5, 0.6) is 0 Å². The fourth-order valence-corrected chi connectivity index (χ4v) is 4.12. The predicted octanol–water partition coefficient (Wildman–Crippen LogP) is 4.53. The van der Waals surface area contributed by atoms with Crippen molar-refractivity contribution >= 4 is 49.1 Å². The average molecular weight is 440 g/mol. The van der Waals surface area contributed by atoms with E-state index >= 15 is 0 Å². The number of carbonyl (C=O) groups is 1. The molecule has 27 heavy (non-hydrogen) atoms. The Morgan fingerprint density at radius 3 is 2.70 bits per heavy atom. The van der Waals surface area contributed by atoms with E-state index in [9.17, 15) is 9.59 Å². The van der Waals surface area contributed by atoms with Gasteiger partial charge in [-0.05, 0) is 46.3 Å². The summed E-state index contributed by atoms with van der Waals surface area (Å²) >= 11 is 4.89. The van der Waals surface area contributed by atoms with Crippen molar-refractivity contribution in [1.82, 2.24) is 9.55 Å². The lowest BCUT2D eigenvalue weighted by atomic mass is 10.2. The fraction of sp³-hybridized carbons (Fsp3) is 0.0500. The fourth-order valence-electron chi connectivity index (χ4n) is 2.74. The number of halogens is 1. The number of carbonyl (C=O) groups excluding carboxylic acids is 1. The van der Waals surface area contributed by atoms with Gasteiger partial charge in [0.1, 0.15) is 11.6 Å². The van der Waals surface area contributed by atoms with Crippen molar-refractivity contribution in [1.29, 1.82) is 0 Å². The molecule has 0 aliphatic rings. The molecule has 7 heteroatoms. The number of benzene rings is 2. The van der Waals surface area contributed by atoms with Crippen LogP contribution >= 0.6 is 27.3 Å². The van der Waals surface area contributed by atoms with Crippen LogP contribution in [0.4, 0.5) is 5.69 Å². The molecule has 5 nitrogen and oxygen atoms in total. The first kappa shape index (κ1) is 17.6. The summed E-state index contributed by atoms with van der Waals surface area (Å²) in [6, 6.07) is 18.5. The minimum Gasteiger partial charge on any atom is -0.324 e. The number of aromatic nitrogens is 2. The molecule has 0 bridgehead atoms. The molecule has 0 unspecified atom stereocenters. The molecular formula is C20H14BrN3O2S. The van der Waals surface area contributed by atoms with Crippen molar-refractivity contribution in [3.05, 3.63) is 81.7 Å². The number of nitrogens with one attached hydrogen (secondary N) is 1. The Hall–Kier alpha value is -2.77. The molecule has 0 aliphatic heterocycles. The number of rotatable bonds is 4. The van der Waals surface area contributed by atoms with Crippen molar-refractivity contribution in [2.24, 2.45) is 0 Å². The van der Waals surface area contributed by atoms with Crippen LogP contribution in [-0.2, 0) is 11.3 Å². The number of fused-ring (bicyclic) bond motifs is 1. The molecule has 0 atom stereocenters. The molecule has 4 aromatic rings. The van der Waals surface area contributed by atoms with Gasteiger partial charge in [-0.2, -0.15) is 0 Å². The summed E-state index contributed by atoms with van der Waals surface area (Å²) < 4.78 is 3.19. The molecule has 2 heterocycles. The summed E-state index contributed by atoms with van der Waals surface area (Å²) in [6.45, 7) is -0.0630. The molecule has 2 aromatic carbocycles. The van der Waals surface area contributed by atoms with Gasteiger partial charge in [0.15, 0.2) is 0 Å². The molecule has 0 radical (unpaired) electrons. The molecule has 1 amide bonds. The van der Waals surface area contributed by atoms with E-state index in [2.05, 4.69) is 26.2 Å². The molecule has 4 rings (SSSR count). The Morgan fingerprint density at radius 1 is 1.07 bits per heavy atom. The SMILES string of the molecule is O=C(Cn1cc(Br)ccc1=O)Nc1ccccc1-c1nc2ccccc2s1. The van der Waals surface area contributed by atoms with Gasteiger partial charge in [-0.25, -0.2) is 4.98 Å². The maximum Gasteiger partial charge on any atom is 0.251 e. The zero-order chi connectivity index (χ0) is 18.8. The Kier molecular flexibility index (Phi) is 4.87. The molecule has 0 aliphatic carbocycles. The van der Waals surface area contributed by atoms with Crippen LogP contribution in [0.2, 0.25) is 0 Å². The van der Waals surface area contributed by atoms with Crippen molar-refractivity contribution in [3.63, 3.8) is 0 Å². The summed E-state index contributed by atoms with van der Waals surface area (Å²) in [5.41, 5.74) is 2.23. The van der Waals surface area contributed by atoms with E-state index in [1.165, 1.54) is 10.6 Å². The van der Waals surface area contributed by atoms with Crippen LogP contribution in [-0.4, -0.2) is 15.5 Å². The van der Waals surface area contributed by atoms with Gasteiger partial charge in [0.2, 0.25) is 5.91 Å². The van der Waals surface area contributed by atoms with Gasteiger partial charge in [0, 0.05) is 22.3 Å². The third kappa shape index (κ3) is 3.84. The largest absolute Gasteiger partial charge is 0.324 e. The van der Waals surface area contributed by atoms with Crippen LogP contribution in [0.15, 0.2) is 76.1 Å². The Labute approximate surface area is 167 Å². The van der Waals surface area contributed by atoms with Crippen molar-refractivity contribution in [2.45, 2.75) is 6.54 Å². The van der Waals surface area contributed by atoms with Gasteiger partial charge >= 0.3 is 0 Å². The van der Waals surface area contributed by atoms with Crippen LogP contribution in [0.3, 0.4) is 0 Å². The van der Waals surface area contributed by atoms with Crippen LogP contribution in [0.25, 0.3) is 20.8 Å². The van der Waals surface area contributed by atoms with E-state index in [1.807, 2.05) is 48.5 Å². The van der Waals surface area contributed by atoms with Gasteiger partial charge in [0.25, 0.3) is 5.56 Å². The standard InChI is InChI=1S/C20H14BrN3O2S/c21-13-9-10-19(26)24(11-13)12-18(25)22-15-6-2-1-5-14(15)20-23-16-7-3-4-8-17(16)27-20/h1-11H,12H2,(H,22,25). The first-order valence-electron chi connectivity index (χ1n) is 8.21. The highest BCUT2D eigenvalue weighted by atomic mass is 79.9. The number of hydrogen-bond donors (Lipinski definition) is 1. The lowest BCUT2D eigenvalue weighted by molar-refractivity contribution is -0.116. The van der Waals surface area contributed by atoms with Gasteiger partial charge < -0.3 is 9.88 Å². The normalized spacial score (nSPS) is 10.9. The lowest BCUT2D eigenvalue weighted by Crippen LogP contribution is -2.26. The molecule has 0 saturated heterocycles. The van der Waals surface area contributed by atoms with Crippen LogP contribution < -0.4 is 10.9 Å². The summed E-state index contributed by atoms with van der Waals surface area (Å²) in [4.78, 5) is 29.1. The van der Waals surface area contributed by atoms with E-state index < -0.39 is 0 Å². The first-order chi connectivity index (χ1) is 13.1. The second-order valence-electron chi connectivity index (χ2n) is 5.89. The highest BCUT2D eigenvalue weighted by molar-refractivity contribution is 9.10. The van der Waals surface area contributed by atoms with E-state index in [1.54, 1.807) is 23.6 Å². The molecule has 134 valence electrons. The predicted molar refractivity (Wildman–Crippen MR) is 112 cm³/mol. The maximum absolute atomic E-state index is 12.5. The summed E-state index contributed by atoms with van der Waals surface area (Å²) in [5.74, 6) is -0.274. The highest BCUT2D eigenvalue weighted by Crippen LogP contribution is 2.34. The molecule has 2 aromatic heterocycles. The number of thiazole rings is 1. The summed E-state index contributed by atoms with van der Waals surface area (Å²) in [6.07, 6.45) is 1.60. The van der Waals surface area contributed by atoms with Crippen molar-refractivity contribution in [3.8, 4) is 10.6 Å². The lowest BCUT2D eigenvalue weighted by Gasteiger charge is -2.10. The minimum absolute atomic E-state index is 0.0630. The minimum atomic E-state index is -0.274. The van der Waals surface area contributed by atoms with E-state index in [-0.39, 0.29) is 18.0 Å². The number of para-hydroxylation sites is 2. The Bertz CT molecular complexity index is 1170. The second kappa shape index (κ2) is 7.46. The second-order valence-corrected chi connectivity index (χ2v) is 7.84. The maximum atomic E-state index is 12.5. The topological polar surface area (TPSA) is 64.0 Å². The number of hydrogen-bond acceptors (Lipinski definition) is 4. The summed E-state index contributed by atoms with van der Waals surface area (Å²) in [7, 11) is 0. The van der Waals surface area contributed by atoms with E-state index in [4.69, 9.17) is 0 Å². The first-order valence-corrected chi connectivity index (χ1v) is 9.82. The Morgan fingerprint density at radius 2 is 1.85 bits per heavy atom.